The van der Waals surface area contributed by atoms with E-state index in [0.29, 0.717) is 19.0 Å². The first-order valence-corrected chi connectivity index (χ1v) is 9.57. The first-order valence-electron chi connectivity index (χ1n) is 9.57. The van der Waals surface area contributed by atoms with Gasteiger partial charge in [-0.1, -0.05) is 13.3 Å². The highest BCUT2D eigenvalue weighted by molar-refractivity contribution is 5.94. The Bertz CT molecular complexity index is 645. The number of amides is 2. The van der Waals surface area contributed by atoms with Gasteiger partial charge in [-0.15, -0.1) is 0 Å². The third kappa shape index (κ3) is 6.20. The summed E-state index contributed by atoms with van der Waals surface area (Å²) >= 11 is 0. The summed E-state index contributed by atoms with van der Waals surface area (Å²) in [6.07, 6.45) is 4.27. The molecule has 0 unspecified atom stereocenters. The van der Waals surface area contributed by atoms with Crippen molar-refractivity contribution in [1.82, 2.24) is 9.80 Å². The molecule has 0 radical (unpaired) electrons. The zero-order valence-electron chi connectivity index (χ0n) is 16.5. The molecule has 1 heterocycles. The van der Waals surface area contributed by atoms with E-state index >= 15 is 0 Å². The van der Waals surface area contributed by atoms with Crippen LogP contribution in [0.4, 0.5) is 14.9 Å². The summed E-state index contributed by atoms with van der Waals surface area (Å²) in [5, 5.41) is 2.58. The number of hydrogen-bond acceptors (Lipinski definition) is 4. The Morgan fingerprint density at radius 1 is 1.33 bits per heavy atom. The number of anilines is 1. The highest BCUT2D eigenvalue weighted by Crippen LogP contribution is 2.21. The molecular weight excluding hydrogens is 349 g/mol. The first-order chi connectivity index (χ1) is 12.9. The Kier molecular flexibility index (Phi) is 8.03. The normalized spacial score (nSPS) is 15.1. The third-order valence-electron chi connectivity index (χ3n) is 4.99. The monoisotopic (exact) mass is 379 g/mol. The van der Waals surface area contributed by atoms with E-state index in [1.54, 1.807) is 4.90 Å². The maximum Gasteiger partial charge on any atom is 0.337 e. The Morgan fingerprint density at radius 3 is 2.67 bits per heavy atom. The van der Waals surface area contributed by atoms with E-state index in [4.69, 9.17) is 0 Å². The fourth-order valence-electron chi connectivity index (χ4n) is 3.34. The molecule has 2 amide bonds. The van der Waals surface area contributed by atoms with Crippen LogP contribution in [-0.4, -0.2) is 62.1 Å². The smallest absolute Gasteiger partial charge is 0.337 e. The number of halogens is 1. The van der Waals surface area contributed by atoms with E-state index in [-0.39, 0.29) is 17.3 Å². The van der Waals surface area contributed by atoms with Crippen LogP contribution in [0, 0.1) is 11.7 Å². The number of piperidine rings is 1. The molecule has 0 spiro atoms. The molecule has 1 fully saturated rings. The minimum Gasteiger partial charge on any atom is -0.465 e. The van der Waals surface area contributed by atoms with Crippen LogP contribution in [-0.2, 0) is 4.74 Å². The van der Waals surface area contributed by atoms with Crippen LogP contribution in [0.1, 0.15) is 43.0 Å². The number of carbonyl (C=O) groups is 2. The van der Waals surface area contributed by atoms with Crippen molar-refractivity contribution >= 4 is 17.7 Å². The Hall–Kier alpha value is -2.15. The van der Waals surface area contributed by atoms with E-state index < -0.39 is 11.8 Å². The molecule has 1 aliphatic rings. The standard InChI is InChI=1S/C20H30FN3O3/c1-4-5-10-23(2)14-15-8-11-24(12-9-15)20(26)22-18-13-16(19(25)27-3)6-7-17(18)21/h6-7,13,15H,4-5,8-12,14H2,1-3H3,(H,22,26). The van der Waals surface area contributed by atoms with Gasteiger partial charge in [0.25, 0.3) is 0 Å². The minimum atomic E-state index is -0.580. The lowest BCUT2D eigenvalue weighted by Gasteiger charge is -2.34. The van der Waals surface area contributed by atoms with Crippen LogP contribution in [0.15, 0.2) is 18.2 Å². The summed E-state index contributed by atoms with van der Waals surface area (Å²) in [4.78, 5) is 28.1. The van der Waals surface area contributed by atoms with Gasteiger partial charge in [0.15, 0.2) is 0 Å². The number of unbranched alkanes of at least 4 members (excludes halogenated alkanes) is 1. The second kappa shape index (κ2) is 10.3. The van der Waals surface area contributed by atoms with Gasteiger partial charge in [-0.2, -0.15) is 0 Å². The number of benzene rings is 1. The highest BCUT2D eigenvalue weighted by atomic mass is 19.1. The number of ether oxygens (including phenoxy) is 1. The van der Waals surface area contributed by atoms with Crippen molar-refractivity contribution in [3.05, 3.63) is 29.6 Å². The number of methoxy groups -OCH3 is 1. The molecular formula is C20H30FN3O3. The van der Waals surface area contributed by atoms with Gasteiger partial charge in [-0.3, -0.25) is 0 Å². The summed E-state index contributed by atoms with van der Waals surface area (Å²) < 4.78 is 18.6. The van der Waals surface area contributed by atoms with Gasteiger partial charge < -0.3 is 19.9 Å². The zero-order chi connectivity index (χ0) is 19.8. The Morgan fingerprint density at radius 2 is 2.04 bits per heavy atom. The molecule has 0 aliphatic carbocycles. The second-order valence-electron chi connectivity index (χ2n) is 7.16. The molecule has 1 N–H and O–H groups in total. The third-order valence-corrected chi connectivity index (χ3v) is 4.99. The molecule has 1 aromatic rings. The number of nitrogens with one attached hydrogen (secondary N) is 1. The summed E-state index contributed by atoms with van der Waals surface area (Å²) in [5.74, 6) is -0.572. The highest BCUT2D eigenvalue weighted by Gasteiger charge is 2.24. The molecule has 1 saturated heterocycles. The number of carbonyl (C=O) groups excluding carboxylic acids is 2. The van der Waals surface area contributed by atoms with Crippen molar-refractivity contribution in [2.45, 2.75) is 32.6 Å². The molecule has 1 aliphatic heterocycles. The molecule has 0 aromatic heterocycles. The fraction of sp³-hybridized carbons (Fsp3) is 0.600. The van der Waals surface area contributed by atoms with Crippen molar-refractivity contribution in [3.63, 3.8) is 0 Å². The second-order valence-corrected chi connectivity index (χ2v) is 7.16. The largest absolute Gasteiger partial charge is 0.465 e. The van der Waals surface area contributed by atoms with E-state index in [2.05, 4.69) is 28.9 Å². The zero-order valence-corrected chi connectivity index (χ0v) is 16.5. The molecule has 2 rings (SSSR count). The molecule has 0 atom stereocenters. The number of rotatable bonds is 7. The van der Waals surface area contributed by atoms with Crippen LogP contribution in [0.2, 0.25) is 0 Å². The van der Waals surface area contributed by atoms with E-state index in [1.807, 2.05) is 0 Å². The van der Waals surface area contributed by atoms with Gasteiger partial charge in [0, 0.05) is 19.6 Å². The predicted molar refractivity (Wildman–Crippen MR) is 103 cm³/mol. The first kappa shape index (κ1) is 21.2. The van der Waals surface area contributed by atoms with Crippen molar-refractivity contribution in [2.24, 2.45) is 5.92 Å². The van der Waals surface area contributed by atoms with Gasteiger partial charge in [0.1, 0.15) is 5.82 Å². The lowest BCUT2D eigenvalue weighted by Crippen LogP contribution is -2.43. The van der Waals surface area contributed by atoms with Crippen molar-refractivity contribution in [1.29, 1.82) is 0 Å². The molecule has 27 heavy (non-hydrogen) atoms. The van der Waals surface area contributed by atoms with Crippen molar-refractivity contribution in [3.8, 4) is 0 Å². The maximum absolute atomic E-state index is 14.0. The van der Waals surface area contributed by atoms with E-state index in [0.717, 1.165) is 32.0 Å². The minimum absolute atomic E-state index is 0.00989. The topological polar surface area (TPSA) is 61.9 Å². The summed E-state index contributed by atoms with van der Waals surface area (Å²) in [5.41, 5.74) is 0.187. The quantitative estimate of drug-likeness (QED) is 0.736. The lowest BCUT2D eigenvalue weighted by molar-refractivity contribution is 0.0600. The van der Waals surface area contributed by atoms with Gasteiger partial charge in [0.05, 0.1) is 18.4 Å². The van der Waals surface area contributed by atoms with Crippen LogP contribution < -0.4 is 5.32 Å². The van der Waals surface area contributed by atoms with E-state index in [9.17, 15) is 14.0 Å². The molecule has 1 aromatic carbocycles. The van der Waals surface area contributed by atoms with Gasteiger partial charge in [0.2, 0.25) is 0 Å². The summed E-state index contributed by atoms with van der Waals surface area (Å²) in [6.45, 7) is 5.64. The van der Waals surface area contributed by atoms with Gasteiger partial charge >= 0.3 is 12.0 Å². The number of likely N-dealkylation sites (tertiary alicyclic amines) is 1. The van der Waals surface area contributed by atoms with Crippen LogP contribution >= 0.6 is 0 Å². The average molecular weight is 379 g/mol. The lowest BCUT2D eigenvalue weighted by atomic mass is 9.96. The Labute approximate surface area is 160 Å². The van der Waals surface area contributed by atoms with Gasteiger partial charge in [-0.05, 0) is 57.0 Å². The fourth-order valence-corrected chi connectivity index (χ4v) is 3.34. The number of urea groups is 1. The molecule has 0 bridgehead atoms. The van der Waals surface area contributed by atoms with Gasteiger partial charge in [-0.25, -0.2) is 14.0 Å². The molecule has 0 saturated carbocycles. The van der Waals surface area contributed by atoms with Crippen LogP contribution in [0.3, 0.4) is 0 Å². The summed E-state index contributed by atoms with van der Waals surface area (Å²) in [7, 11) is 3.40. The number of esters is 1. The summed E-state index contributed by atoms with van der Waals surface area (Å²) in [6, 6.07) is 3.44. The van der Waals surface area contributed by atoms with Crippen molar-refractivity contribution in [2.75, 3.05) is 45.7 Å². The predicted octanol–water partition coefficient (Wildman–Crippen LogP) is 3.59. The number of nitrogens with zero attached hydrogens (tertiary/aromatic N) is 2. The van der Waals surface area contributed by atoms with Crippen LogP contribution in [0.25, 0.3) is 0 Å². The average Bonchev–Trinajstić information content (AvgIpc) is 2.67. The number of hydrogen-bond donors (Lipinski definition) is 1. The Balaban J connectivity index is 1.87. The molecule has 7 heteroatoms. The van der Waals surface area contributed by atoms with E-state index in [1.165, 1.54) is 32.1 Å². The maximum atomic E-state index is 14.0. The SMILES string of the molecule is CCCCN(C)CC1CCN(C(=O)Nc2cc(C(=O)OC)ccc2F)CC1. The van der Waals surface area contributed by atoms with Crippen LogP contribution in [0.5, 0.6) is 0 Å². The van der Waals surface area contributed by atoms with Crippen molar-refractivity contribution < 1.29 is 18.7 Å². The molecule has 6 nitrogen and oxygen atoms in total. The molecule has 150 valence electrons.